The van der Waals surface area contributed by atoms with Gasteiger partial charge in [-0.15, -0.1) is 0 Å². The summed E-state index contributed by atoms with van der Waals surface area (Å²) >= 11 is 7.21. The van der Waals surface area contributed by atoms with E-state index in [-0.39, 0.29) is 0 Å². The van der Waals surface area contributed by atoms with Crippen LogP contribution in [0.2, 0.25) is 0 Å². The third-order valence-electron chi connectivity index (χ3n) is 2.99. The molecule has 0 atom stereocenters. The fourth-order valence-corrected chi connectivity index (χ4v) is 3.44. The Morgan fingerprint density at radius 2 is 1.85 bits per heavy atom. The minimum absolute atomic E-state index is 0.734. The van der Waals surface area contributed by atoms with Crippen molar-refractivity contribution in [3.05, 3.63) is 26.6 Å². The molecule has 0 heterocycles. The van der Waals surface area contributed by atoms with E-state index < -0.39 is 0 Å². The minimum Gasteiger partial charge on any atom is -0.491 e. The summed E-state index contributed by atoms with van der Waals surface area (Å²) in [6.07, 6.45) is 3.45. The van der Waals surface area contributed by atoms with Crippen LogP contribution in [0, 0.1) is 5.92 Å². The van der Waals surface area contributed by atoms with Gasteiger partial charge < -0.3 is 10.1 Å². The lowest BCUT2D eigenvalue weighted by Gasteiger charge is -2.13. The van der Waals surface area contributed by atoms with Crippen LogP contribution in [0.5, 0.6) is 5.75 Å². The topological polar surface area (TPSA) is 21.3 Å². The molecule has 0 unspecified atom stereocenters. The maximum Gasteiger partial charge on any atom is 0.147 e. The van der Waals surface area contributed by atoms with Crippen LogP contribution in [0.1, 0.15) is 45.6 Å². The van der Waals surface area contributed by atoms with Crippen molar-refractivity contribution in [1.82, 2.24) is 5.32 Å². The second-order valence-electron chi connectivity index (χ2n) is 5.45. The summed E-state index contributed by atoms with van der Waals surface area (Å²) in [6.45, 7) is 9.35. The SMILES string of the molecule is CCCNCc1cc(Br)c(OCCCC(C)C)c(Br)c1. The van der Waals surface area contributed by atoms with Gasteiger partial charge in [-0.05, 0) is 81.3 Å². The van der Waals surface area contributed by atoms with E-state index in [0.29, 0.717) is 0 Å². The normalized spacial score (nSPS) is 11.1. The number of nitrogens with one attached hydrogen (secondary N) is 1. The molecule has 20 heavy (non-hydrogen) atoms. The molecule has 1 aromatic carbocycles. The number of hydrogen-bond acceptors (Lipinski definition) is 2. The number of ether oxygens (including phenoxy) is 1. The molecule has 4 heteroatoms. The second-order valence-corrected chi connectivity index (χ2v) is 7.16. The zero-order valence-electron chi connectivity index (χ0n) is 12.6. The van der Waals surface area contributed by atoms with Gasteiger partial charge in [-0.2, -0.15) is 0 Å². The van der Waals surface area contributed by atoms with Crippen molar-refractivity contribution in [1.29, 1.82) is 0 Å². The van der Waals surface area contributed by atoms with Crippen LogP contribution in [0.25, 0.3) is 0 Å². The van der Waals surface area contributed by atoms with E-state index in [4.69, 9.17) is 4.74 Å². The molecule has 1 aromatic rings. The maximum atomic E-state index is 5.88. The van der Waals surface area contributed by atoms with Crippen LogP contribution in [0.3, 0.4) is 0 Å². The number of rotatable bonds is 9. The van der Waals surface area contributed by atoms with Gasteiger partial charge in [0.05, 0.1) is 15.6 Å². The molecule has 0 saturated carbocycles. The smallest absolute Gasteiger partial charge is 0.147 e. The zero-order chi connectivity index (χ0) is 15.0. The standard InChI is InChI=1S/C16H25Br2NO/c1-4-7-19-11-13-9-14(17)16(15(18)10-13)20-8-5-6-12(2)3/h9-10,12,19H,4-8,11H2,1-3H3. The minimum atomic E-state index is 0.734. The van der Waals surface area contributed by atoms with Crippen molar-refractivity contribution < 1.29 is 4.74 Å². The molecular weight excluding hydrogens is 382 g/mol. The molecule has 0 radical (unpaired) electrons. The summed E-state index contributed by atoms with van der Waals surface area (Å²) in [5.41, 5.74) is 1.26. The Balaban J connectivity index is 2.55. The molecule has 114 valence electrons. The van der Waals surface area contributed by atoms with Gasteiger partial charge in [-0.25, -0.2) is 0 Å². The zero-order valence-corrected chi connectivity index (χ0v) is 15.8. The molecule has 0 amide bonds. The summed E-state index contributed by atoms with van der Waals surface area (Å²) in [7, 11) is 0. The van der Waals surface area contributed by atoms with Crippen LogP contribution < -0.4 is 10.1 Å². The largest absolute Gasteiger partial charge is 0.491 e. The Morgan fingerprint density at radius 1 is 1.20 bits per heavy atom. The van der Waals surface area contributed by atoms with Crippen LogP contribution in [-0.2, 0) is 6.54 Å². The quantitative estimate of drug-likeness (QED) is 0.544. The van der Waals surface area contributed by atoms with Gasteiger partial charge in [0.1, 0.15) is 5.75 Å². The predicted molar refractivity (Wildman–Crippen MR) is 93.4 cm³/mol. The summed E-state index contributed by atoms with van der Waals surface area (Å²) < 4.78 is 7.92. The third kappa shape index (κ3) is 6.59. The Morgan fingerprint density at radius 3 is 2.40 bits per heavy atom. The van der Waals surface area contributed by atoms with E-state index >= 15 is 0 Å². The summed E-state index contributed by atoms with van der Waals surface area (Å²) in [5.74, 6) is 1.64. The maximum absolute atomic E-state index is 5.88. The molecular formula is C16H25Br2NO. The van der Waals surface area contributed by atoms with Gasteiger partial charge >= 0.3 is 0 Å². The fourth-order valence-electron chi connectivity index (χ4n) is 1.93. The third-order valence-corrected chi connectivity index (χ3v) is 4.16. The lowest BCUT2D eigenvalue weighted by molar-refractivity contribution is 0.294. The van der Waals surface area contributed by atoms with Crippen molar-refractivity contribution >= 4 is 31.9 Å². The highest BCUT2D eigenvalue weighted by atomic mass is 79.9. The van der Waals surface area contributed by atoms with Crippen LogP contribution in [0.4, 0.5) is 0 Å². The van der Waals surface area contributed by atoms with E-state index in [0.717, 1.165) is 53.2 Å². The van der Waals surface area contributed by atoms with Crippen LogP contribution in [-0.4, -0.2) is 13.2 Å². The highest BCUT2D eigenvalue weighted by molar-refractivity contribution is 9.11. The number of benzene rings is 1. The highest BCUT2D eigenvalue weighted by Gasteiger charge is 2.09. The van der Waals surface area contributed by atoms with Crippen LogP contribution >= 0.6 is 31.9 Å². The van der Waals surface area contributed by atoms with E-state index in [2.05, 4.69) is 70.1 Å². The van der Waals surface area contributed by atoms with E-state index in [1.165, 1.54) is 12.0 Å². The molecule has 1 rings (SSSR count). The first-order valence-corrected chi connectivity index (χ1v) is 8.94. The van der Waals surface area contributed by atoms with Gasteiger partial charge in [-0.3, -0.25) is 0 Å². The first-order valence-electron chi connectivity index (χ1n) is 7.36. The van der Waals surface area contributed by atoms with Gasteiger partial charge in [0.15, 0.2) is 0 Å². The molecule has 0 saturated heterocycles. The van der Waals surface area contributed by atoms with Gasteiger partial charge in [-0.1, -0.05) is 20.8 Å². The van der Waals surface area contributed by atoms with Crippen molar-refractivity contribution in [3.63, 3.8) is 0 Å². The Hall–Kier alpha value is -0.0600. The van der Waals surface area contributed by atoms with E-state index in [1.807, 2.05) is 0 Å². The molecule has 0 bridgehead atoms. The van der Waals surface area contributed by atoms with E-state index in [1.54, 1.807) is 0 Å². The van der Waals surface area contributed by atoms with Crippen molar-refractivity contribution in [2.45, 2.75) is 46.6 Å². The van der Waals surface area contributed by atoms with Gasteiger partial charge in [0.2, 0.25) is 0 Å². The van der Waals surface area contributed by atoms with Gasteiger partial charge in [0, 0.05) is 6.54 Å². The predicted octanol–water partition coefficient (Wildman–Crippen LogP) is 5.53. The molecule has 0 aliphatic heterocycles. The fraction of sp³-hybridized carbons (Fsp3) is 0.625. The van der Waals surface area contributed by atoms with Gasteiger partial charge in [0.25, 0.3) is 0 Å². The number of halogens is 2. The first kappa shape index (κ1) is 18.0. The number of hydrogen-bond donors (Lipinski definition) is 1. The average Bonchev–Trinajstić information content (AvgIpc) is 2.37. The van der Waals surface area contributed by atoms with Crippen molar-refractivity contribution in [2.24, 2.45) is 5.92 Å². The Bertz CT molecular complexity index is 384. The van der Waals surface area contributed by atoms with Crippen molar-refractivity contribution in [3.8, 4) is 5.75 Å². The lowest BCUT2D eigenvalue weighted by Crippen LogP contribution is -2.13. The summed E-state index contributed by atoms with van der Waals surface area (Å²) in [4.78, 5) is 0. The molecule has 0 aliphatic rings. The highest BCUT2D eigenvalue weighted by Crippen LogP contribution is 2.35. The first-order chi connectivity index (χ1) is 9.54. The molecule has 1 N–H and O–H groups in total. The molecule has 0 aromatic heterocycles. The molecule has 0 aliphatic carbocycles. The molecule has 2 nitrogen and oxygen atoms in total. The monoisotopic (exact) mass is 405 g/mol. The Labute approximate surface area is 139 Å². The molecule has 0 spiro atoms. The van der Waals surface area contributed by atoms with Crippen LogP contribution in [0.15, 0.2) is 21.1 Å². The average molecular weight is 407 g/mol. The second kappa shape index (κ2) is 9.80. The Kier molecular flexibility index (Phi) is 8.82. The van der Waals surface area contributed by atoms with Crippen molar-refractivity contribution in [2.75, 3.05) is 13.2 Å². The lowest BCUT2D eigenvalue weighted by atomic mass is 10.1. The summed E-state index contributed by atoms with van der Waals surface area (Å²) in [5, 5.41) is 3.41. The molecule has 0 fully saturated rings. The van der Waals surface area contributed by atoms with E-state index in [9.17, 15) is 0 Å². The summed E-state index contributed by atoms with van der Waals surface area (Å²) in [6, 6.07) is 4.26.